The van der Waals surface area contributed by atoms with Gasteiger partial charge < -0.3 is 14.6 Å². The van der Waals surface area contributed by atoms with Crippen molar-refractivity contribution in [1.29, 1.82) is 0 Å². The van der Waals surface area contributed by atoms with E-state index in [1.807, 2.05) is 0 Å². The van der Waals surface area contributed by atoms with E-state index >= 15 is 0 Å². The van der Waals surface area contributed by atoms with Gasteiger partial charge in [0.1, 0.15) is 11.5 Å². The molecule has 0 fully saturated rings. The molecule has 0 aliphatic heterocycles. The molecule has 0 saturated carbocycles. The van der Waals surface area contributed by atoms with E-state index in [0.717, 1.165) is 0 Å². The number of fused-ring (bicyclic) bond motifs is 1. The van der Waals surface area contributed by atoms with Crippen molar-refractivity contribution in [2.24, 2.45) is 7.05 Å². The highest BCUT2D eigenvalue weighted by molar-refractivity contribution is 9.10. The van der Waals surface area contributed by atoms with Crippen LogP contribution in [0.2, 0.25) is 5.02 Å². The first kappa shape index (κ1) is 24.6. The fraction of sp³-hybridized carbons (Fsp3) is 0.115. The van der Waals surface area contributed by atoms with Crippen LogP contribution in [0.1, 0.15) is 17.4 Å². The first-order valence-corrected chi connectivity index (χ1v) is 11.7. The molecule has 0 aliphatic carbocycles. The van der Waals surface area contributed by atoms with Crippen molar-refractivity contribution in [3.63, 3.8) is 0 Å². The van der Waals surface area contributed by atoms with Crippen LogP contribution in [-0.4, -0.2) is 22.5 Å². The summed E-state index contributed by atoms with van der Waals surface area (Å²) < 4.78 is 21.3. The van der Waals surface area contributed by atoms with Gasteiger partial charge in [-0.25, -0.2) is 9.18 Å². The minimum absolute atomic E-state index is 0.0227. The molecule has 1 heterocycles. The van der Waals surface area contributed by atoms with Crippen LogP contribution in [0.3, 0.4) is 0 Å². The summed E-state index contributed by atoms with van der Waals surface area (Å²) in [6.07, 6.45) is -1.27. The third-order valence-corrected chi connectivity index (χ3v) is 6.22. The molecule has 1 unspecified atom stereocenters. The second-order valence-corrected chi connectivity index (χ2v) is 9.15. The minimum Gasteiger partial charge on any atom is -0.448 e. The third-order valence-electron chi connectivity index (χ3n) is 5.47. The summed E-state index contributed by atoms with van der Waals surface area (Å²) in [6.45, 7) is 1.37. The second kappa shape index (κ2) is 10.0. The maximum absolute atomic E-state index is 14.1. The Hall–Kier alpha value is -3.49. The maximum atomic E-state index is 14.1. The Morgan fingerprint density at radius 3 is 2.37 bits per heavy atom. The van der Waals surface area contributed by atoms with Gasteiger partial charge in [0.05, 0.1) is 5.69 Å². The Kier molecular flexibility index (Phi) is 7.05. The number of anilines is 1. The van der Waals surface area contributed by atoms with Crippen LogP contribution in [-0.2, 0) is 16.6 Å². The number of ether oxygens (including phenoxy) is 1. The Balaban J connectivity index is 1.73. The molecule has 1 N–H and O–H groups in total. The molecule has 3 aromatic carbocycles. The molecule has 4 aromatic rings. The molecule has 178 valence electrons. The molecular weight excluding hydrogens is 539 g/mol. The molecule has 6 nitrogen and oxygen atoms in total. The number of carbonyl (C=O) groups is 2. The van der Waals surface area contributed by atoms with E-state index in [-0.39, 0.29) is 16.9 Å². The number of nitrogens with zero attached hydrogens (tertiary/aromatic N) is 1. The number of nitrogens with one attached hydrogen (secondary N) is 1. The van der Waals surface area contributed by atoms with E-state index in [1.54, 1.807) is 54.6 Å². The molecule has 0 saturated heterocycles. The molecular formula is C26H19BrClFN2O4. The summed E-state index contributed by atoms with van der Waals surface area (Å²) in [5.41, 5.74) is 0.643. The number of esters is 1. The molecule has 35 heavy (non-hydrogen) atoms. The van der Waals surface area contributed by atoms with Crippen molar-refractivity contribution < 1.29 is 18.7 Å². The Morgan fingerprint density at radius 1 is 1.06 bits per heavy atom. The van der Waals surface area contributed by atoms with Crippen LogP contribution in [0, 0.1) is 5.82 Å². The molecule has 0 bridgehead atoms. The zero-order valence-corrected chi connectivity index (χ0v) is 21.0. The monoisotopic (exact) mass is 556 g/mol. The van der Waals surface area contributed by atoms with Crippen molar-refractivity contribution in [3.05, 3.63) is 98.1 Å². The summed E-state index contributed by atoms with van der Waals surface area (Å²) in [4.78, 5) is 39.0. The Labute approximate surface area is 213 Å². The van der Waals surface area contributed by atoms with E-state index in [9.17, 15) is 18.8 Å². The number of rotatable bonds is 5. The van der Waals surface area contributed by atoms with Gasteiger partial charge in [-0.15, -0.1) is 0 Å². The molecule has 1 aromatic heterocycles. The summed E-state index contributed by atoms with van der Waals surface area (Å²) in [6, 6.07) is 17.9. The van der Waals surface area contributed by atoms with Crippen LogP contribution in [0.25, 0.3) is 21.9 Å². The van der Waals surface area contributed by atoms with Gasteiger partial charge >= 0.3 is 5.97 Å². The van der Waals surface area contributed by atoms with Crippen LogP contribution in [0.5, 0.6) is 0 Å². The van der Waals surface area contributed by atoms with Crippen molar-refractivity contribution >= 4 is 55.9 Å². The van der Waals surface area contributed by atoms with Crippen LogP contribution in [0.15, 0.2) is 76.0 Å². The van der Waals surface area contributed by atoms with Crippen molar-refractivity contribution in [1.82, 2.24) is 4.57 Å². The summed E-state index contributed by atoms with van der Waals surface area (Å²) >= 11 is 9.20. The van der Waals surface area contributed by atoms with E-state index in [0.29, 0.717) is 31.4 Å². The number of amides is 1. The molecule has 0 radical (unpaired) electrons. The zero-order valence-electron chi connectivity index (χ0n) is 18.6. The summed E-state index contributed by atoms with van der Waals surface area (Å²) in [5, 5.41) is 3.90. The van der Waals surface area contributed by atoms with Gasteiger partial charge in [-0.05, 0) is 54.3 Å². The normalized spacial score (nSPS) is 11.8. The maximum Gasteiger partial charge on any atom is 0.356 e. The second-order valence-electron chi connectivity index (χ2n) is 7.80. The standard InChI is InChI=1S/C26H19BrClFN2O4/c1-14(24(32)30-21-12-9-16(27)13-20(21)29)35-26(34)23-22(15-7-10-17(28)11-8-15)18-5-3-4-6-19(18)25(33)31(23)2/h3-14H,1-2H3,(H,30,32). The Bertz CT molecular complexity index is 1520. The molecule has 1 atom stereocenters. The first-order chi connectivity index (χ1) is 16.7. The number of hydrogen-bond donors (Lipinski definition) is 1. The van der Waals surface area contributed by atoms with Gasteiger partial charge in [0.25, 0.3) is 11.5 Å². The van der Waals surface area contributed by atoms with E-state index in [2.05, 4.69) is 21.2 Å². The van der Waals surface area contributed by atoms with Gasteiger partial charge in [0, 0.05) is 27.5 Å². The van der Waals surface area contributed by atoms with Crippen LogP contribution < -0.4 is 10.9 Å². The predicted molar refractivity (Wildman–Crippen MR) is 137 cm³/mol. The third kappa shape index (κ3) is 4.99. The topological polar surface area (TPSA) is 77.4 Å². The van der Waals surface area contributed by atoms with Gasteiger partial charge in [-0.3, -0.25) is 9.59 Å². The van der Waals surface area contributed by atoms with Gasteiger partial charge in [-0.2, -0.15) is 0 Å². The number of benzene rings is 3. The summed E-state index contributed by atoms with van der Waals surface area (Å²) in [7, 11) is 1.47. The van der Waals surface area contributed by atoms with Crippen molar-refractivity contribution in [2.45, 2.75) is 13.0 Å². The van der Waals surface area contributed by atoms with E-state index in [1.165, 1.54) is 30.7 Å². The predicted octanol–water partition coefficient (Wildman–Crippen LogP) is 5.94. The smallest absolute Gasteiger partial charge is 0.356 e. The van der Waals surface area contributed by atoms with Crippen molar-refractivity contribution in [2.75, 3.05) is 5.32 Å². The quantitative estimate of drug-likeness (QED) is 0.308. The number of carbonyl (C=O) groups excluding carboxylic acids is 2. The largest absolute Gasteiger partial charge is 0.448 e. The zero-order chi connectivity index (χ0) is 25.3. The number of pyridine rings is 1. The fourth-order valence-corrected chi connectivity index (χ4v) is 4.17. The lowest BCUT2D eigenvalue weighted by atomic mass is 9.96. The van der Waals surface area contributed by atoms with Crippen molar-refractivity contribution in [3.8, 4) is 11.1 Å². The molecule has 9 heteroatoms. The number of halogens is 3. The lowest BCUT2D eigenvalue weighted by Crippen LogP contribution is -2.33. The molecule has 0 aliphatic rings. The first-order valence-electron chi connectivity index (χ1n) is 10.5. The van der Waals surface area contributed by atoms with E-state index < -0.39 is 23.8 Å². The highest BCUT2D eigenvalue weighted by atomic mass is 79.9. The van der Waals surface area contributed by atoms with Gasteiger partial charge in [0.15, 0.2) is 6.10 Å². The lowest BCUT2D eigenvalue weighted by molar-refractivity contribution is -0.123. The average molecular weight is 558 g/mol. The minimum atomic E-state index is -1.27. The highest BCUT2D eigenvalue weighted by Gasteiger charge is 2.26. The van der Waals surface area contributed by atoms with E-state index in [4.69, 9.17) is 16.3 Å². The van der Waals surface area contributed by atoms with Gasteiger partial charge in [0.2, 0.25) is 0 Å². The fourth-order valence-electron chi connectivity index (χ4n) is 3.71. The highest BCUT2D eigenvalue weighted by Crippen LogP contribution is 2.32. The average Bonchev–Trinajstić information content (AvgIpc) is 2.83. The SMILES string of the molecule is CC(OC(=O)c1c(-c2ccc(Cl)cc2)c2ccccc2c(=O)n1C)C(=O)Nc1ccc(Br)cc1F. The summed E-state index contributed by atoms with van der Waals surface area (Å²) in [5.74, 6) is -2.24. The van der Waals surface area contributed by atoms with Crippen LogP contribution >= 0.6 is 27.5 Å². The van der Waals surface area contributed by atoms with Crippen LogP contribution in [0.4, 0.5) is 10.1 Å². The lowest BCUT2D eigenvalue weighted by Gasteiger charge is -2.19. The Morgan fingerprint density at radius 2 is 1.71 bits per heavy atom. The number of aromatic nitrogens is 1. The molecule has 4 rings (SSSR count). The van der Waals surface area contributed by atoms with Gasteiger partial charge in [-0.1, -0.05) is 57.9 Å². The number of hydrogen-bond acceptors (Lipinski definition) is 4. The molecule has 0 spiro atoms. The molecule has 1 amide bonds.